The van der Waals surface area contributed by atoms with Crippen molar-refractivity contribution in [2.45, 2.75) is 32.9 Å². The number of aliphatic hydroxyl groups is 1. The molecule has 0 spiro atoms. The van der Waals surface area contributed by atoms with E-state index >= 15 is 0 Å². The molecule has 1 atom stereocenters. The average molecular weight is 373 g/mol. The zero-order valence-electron chi connectivity index (χ0n) is 16.1. The Labute approximate surface area is 160 Å². The maximum atomic E-state index is 14.0. The number of ether oxygens (including phenoxy) is 1. The van der Waals surface area contributed by atoms with Gasteiger partial charge in [0.15, 0.2) is 17.5 Å². The van der Waals surface area contributed by atoms with Crippen molar-refractivity contribution in [1.82, 2.24) is 10.6 Å². The molecule has 0 aliphatic carbocycles. The molecule has 2 aromatic rings. The third kappa shape index (κ3) is 6.25. The smallest absolute Gasteiger partial charge is 0.191 e. The SMILES string of the molecule is CCNC(=NCc1ccc(OCC)c(F)c1)NCC(C)(O)c1ccccc1. The predicted molar refractivity (Wildman–Crippen MR) is 106 cm³/mol. The summed E-state index contributed by atoms with van der Waals surface area (Å²) in [5.74, 6) is 0.409. The first-order chi connectivity index (χ1) is 13.0. The summed E-state index contributed by atoms with van der Waals surface area (Å²) >= 11 is 0. The monoisotopic (exact) mass is 373 g/mol. The molecule has 1 unspecified atom stereocenters. The molecule has 0 saturated carbocycles. The number of hydrogen-bond donors (Lipinski definition) is 3. The first-order valence-corrected chi connectivity index (χ1v) is 9.17. The third-order valence-electron chi connectivity index (χ3n) is 4.06. The van der Waals surface area contributed by atoms with Crippen molar-refractivity contribution in [2.24, 2.45) is 4.99 Å². The lowest BCUT2D eigenvalue weighted by Crippen LogP contribution is -2.44. The minimum Gasteiger partial charge on any atom is -0.491 e. The molecule has 0 aliphatic rings. The molecule has 3 N–H and O–H groups in total. The minimum absolute atomic E-state index is 0.245. The standard InChI is InChI=1S/C21H28FN3O2/c1-4-23-20(25-15-21(3,26)17-9-7-6-8-10-17)24-14-16-11-12-19(27-5-2)18(22)13-16/h6-13,26H,4-5,14-15H2,1-3H3,(H2,23,24,25). The topological polar surface area (TPSA) is 65.9 Å². The van der Waals surface area contributed by atoms with Crippen LogP contribution in [0.5, 0.6) is 5.75 Å². The summed E-state index contributed by atoms with van der Waals surface area (Å²) in [5.41, 5.74) is 0.521. The number of benzene rings is 2. The maximum absolute atomic E-state index is 14.0. The molecule has 2 rings (SSSR count). The highest BCUT2D eigenvalue weighted by atomic mass is 19.1. The van der Waals surface area contributed by atoms with E-state index in [-0.39, 0.29) is 5.75 Å². The average Bonchev–Trinajstić information content (AvgIpc) is 2.67. The Morgan fingerprint density at radius 1 is 1.15 bits per heavy atom. The molecule has 2 aromatic carbocycles. The summed E-state index contributed by atoms with van der Waals surface area (Å²) in [6.07, 6.45) is 0. The summed E-state index contributed by atoms with van der Waals surface area (Å²) in [6.45, 7) is 7.23. The van der Waals surface area contributed by atoms with Gasteiger partial charge in [-0.1, -0.05) is 36.4 Å². The number of guanidine groups is 1. The second kappa shape index (κ2) is 9.92. The van der Waals surface area contributed by atoms with Gasteiger partial charge < -0.3 is 20.5 Å². The number of aliphatic imine (C=N–C) groups is 1. The fourth-order valence-corrected chi connectivity index (χ4v) is 2.58. The highest BCUT2D eigenvalue weighted by Crippen LogP contribution is 2.20. The van der Waals surface area contributed by atoms with Gasteiger partial charge in [0.2, 0.25) is 0 Å². The largest absolute Gasteiger partial charge is 0.491 e. The van der Waals surface area contributed by atoms with Crippen molar-refractivity contribution < 1.29 is 14.2 Å². The molecule has 146 valence electrons. The lowest BCUT2D eigenvalue weighted by molar-refractivity contribution is 0.0617. The fourth-order valence-electron chi connectivity index (χ4n) is 2.58. The van der Waals surface area contributed by atoms with Crippen LogP contribution in [0.2, 0.25) is 0 Å². The summed E-state index contributed by atoms with van der Waals surface area (Å²) in [7, 11) is 0. The van der Waals surface area contributed by atoms with Crippen LogP contribution >= 0.6 is 0 Å². The minimum atomic E-state index is -1.04. The Morgan fingerprint density at radius 3 is 2.52 bits per heavy atom. The Morgan fingerprint density at radius 2 is 1.89 bits per heavy atom. The van der Waals surface area contributed by atoms with E-state index in [9.17, 15) is 9.50 Å². The molecular formula is C21H28FN3O2. The molecule has 0 heterocycles. The number of hydrogen-bond acceptors (Lipinski definition) is 3. The Balaban J connectivity index is 2.03. The zero-order chi connectivity index (χ0) is 19.7. The number of nitrogens with one attached hydrogen (secondary N) is 2. The van der Waals surface area contributed by atoms with Gasteiger partial charge in [0.25, 0.3) is 0 Å². The van der Waals surface area contributed by atoms with Gasteiger partial charge in [-0.3, -0.25) is 0 Å². The van der Waals surface area contributed by atoms with E-state index in [2.05, 4.69) is 15.6 Å². The summed E-state index contributed by atoms with van der Waals surface area (Å²) in [4.78, 5) is 4.47. The van der Waals surface area contributed by atoms with Gasteiger partial charge in [-0.05, 0) is 44.0 Å². The highest BCUT2D eigenvalue weighted by Gasteiger charge is 2.22. The summed E-state index contributed by atoms with van der Waals surface area (Å²) in [5, 5.41) is 17.0. The molecule has 0 radical (unpaired) electrons. The van der Waals surface area contributed by atoms with Crippen LogP contribution in [0.4, 0.5) is 4.39 Å². The quantitative estimate of drug-likeness (QED) is 0.491. The lowest BCUT2D eigenvalue weighted by Gasteiger charge is -2.25. The van der Waals surface area contributed by atoms with Gasteiger partial charge in [0.05, 0.1) is 19.7 Å². The van der Waals surface area contributed by atoms with Crippen molar-refractivity contribution in [3.63, 3.8) is 0 Å². The first-order valence-electron chi connectivity index (χ1n) is 9.17. The van der Waals surface area contributed by atoms with Gasteiger partial charge in [-0.25, -0.2) is 9.38 Å². The van der Waals surface area contributed by atoms with E-state index in [1.165, 1.54) is 6.07 Å². The molecule has 27 heavy (non-hydrogen) atoms. The van der Waals surface area contributed by atoms with E-state index in [0.29, 0.717) is 32.2 Å². The molecule has 0 fully saturated rings. The van der Waals surface area contributed by atoms with E-state index < -0.39 is 11.4 Å². The van der Waals surface area contributed by atoms with Crippen LogP contribution in [0.3, 0.4) is 0 Å². The van der Waals surface area contributed by atoms with Crippen LogP contribution in [0, 0.1) is 5.82 Å². The van der Waals surface area contributed by atoms with Crippen molar-refractivity contribution >= 4 is 5.96 Å². The lowest BCUT2D eigenvalue weighted by atomic mass is 9.96. The van der Waals surface area contributed by atoms with Crippen LogP contribution < -0.4 is 15.4 Å². The van der Waals surface area contributed by atoms with Gasteiger partial charge in [-0.15, -0.1) is 0 Å². The van der Waals surface area contributed by atoms with E-state index in [0.717, 1.165) is 11.1 Å². The van der Waals surface area contributed by atoms with Crippen LogP contribution in [0.1, 0.15) is 31.9 Å². The highest BCUT2D eigenvalue weighted by molar-refractivity contribution is 5.79. The van der Waals surface area contributed by atoms with Crippen LogP contribution in [-0.2, 0) is 12.1 Å². The fraction of sp³-hybridized carbons (Fsp3) is 0.381. The van der Waals surface area contributed by atoms with Crippen molar-refractivity contribution in [3.8, 4) is 5.75 Å². The Hall–Kier alpha value is -2.60. The number of nitrogens with zero attached hydrogens (tertiary/aromatic N) is 1. The van der Waals surface area contributed by atoms with Crippen LogP contribution in [-0.4, -0.2) is 30.8 Å². The predicted octanol–water partition coefficient (Wildman–Crippen LogP) is 3.19. The van der Waals surface area contributed by atoms with E-state index in [1.54, 1.807) is 19.1 Å². The van der Waals surface area contributed by atoms with Crippen molar-refractivity contribution in [2.75, 3.05) is 19.7 Å². The molecule has 0 aromatic heterocycles. The Kier molecular flexibility index (Phi) is 7.61. The van der Waals surface area contributed by atoms with Crippen LogP contribution in [0.15, 0.2) is 53.5 Å². The molecule has 0 saturated heterocycles. The first kappa shape index (κ1) is 20.7. The van der Waals surface area contributed by atoms with E-state index in [4.69, 9.17) is 4.74 Å². The third-order valence-corrected chi connectivity index (χ3v) is 4.06. The van der Waals surface area contributed by atoms with Gasteiger partial charge in [0, 0.05) is 6.54 Å². The van der Waals surface area contributed by atoms with E-state index in [1.807, 2.05) is 44.2 Å². The maximum Gasteiger partial charge on any atom is 0.191 e. The number of halogens is 1. The van der Waals surface area contributed by atoms with Crippen molar-refractivity contribution in [1.29, 1.82) is 0 Å². The van der Waals surface area contributed by atoms with Crippen molar-refractivity contribution in [3.05, 3.63) is 65.5 Å². The van der Waals surface area contributed by atoms with Gasteiger partial charge in [-0.2, -0.15) is 0 Å². The molecule has 5 nitrogen and oxygen atoms in total. The number of rotatable bonds is 8. The molecule has 0 aliphatic heterocycles. The normalized spacial score (nSPS) is 13.7. The molecular weight excluding hydrogens is 345 g/mol. The second-order valence-corrected chi connectivity index (χ2v) is 6.39. The molecule has 0 amide bonds. The summed E-state index contributed by atoms with van der Waals surface area (Å²) in [6, 6.07) is 14.3. The Bertz CT molecular complexity index is 748. The molecule has 6 heteroatoms. The second-order valence-electron chi connectivity index (χ2n) is 6.39. The zero-order valence-corrected chi connectivity index (χ0v) is 16.1. The van der Waals surface area contributed by atoms with Gasteiger partial charge in [0.1, 0.15) is 5.60 Å². The summed E-state index contributed by atoms with van der Waals surface area (Å²) < 4.78 is 19.2. The van der Waals surface area contributed by atoms with Crippen LogP contribution in [0.25, 0.3) is 0 Å². The molecule has 0 bridgehead atoms. The van der Waals surface area contributed by atoms with Gasteiger partial charge >= 0.3 is 0 Å².